The van der Waals surface area contributed by atoms with Gasteiger partial charge in [0, 0.05) is 58.1 Å². The van der Waals surface area contributed by atoms with Gasteiger partial charge < -0.3 is 53.5 Å². The lowest BCUT2D eigenvalue weighted by Crippen LogP contribution is -2.61. The first-order chi connectivity index (χ1) is 25.1. The van der Waals surface area contributed by atoms with Crippen LogP contribution in [0.2, 0.25) is 0 Å². The average Bonchev–Trinajstić information content (AvgIpc) is 3.79. The molecule has 0 saturated carbocycles. The molecule has 52 heavy (non-hydrogen) atoms. The highest BCUT2D eigenvalue weighted by atomic mass is 16.8. The molecule has 12 bridgehead atoms. The van der Waals surface area contributed by atoms with Crippen molar-refractivity contribution in [3.63, 3.8) is 0 Å². The highest BCUT2D eigenvalue weighted by Crippen LogP contribution is 2.54. The standard InChI is InChI=1S/C40H59NO11/c1-19-11-24-5-7-28-20(2)12-26(45-28)9-10-40-17-33-36(51-40)37-38(50-33)39(52-40)35-29(49-37)8-6-25(47-35)13-22(42)14-27-31(16-30(46-24)21(19)3)48-32(34(27)44-4)15-23(43)18-41/h19,23-39,43H,2-3,5-18,41H2,1,4H3/t19-,23+,24+,25?,26+,27+,28?,29+,30?,31+,32?,33?,34-,35+,36+,37+,38-,39+,40+/m1/s1. The second kappa shape index (κ2) is 14.3. The molecule has 5 unspecified atom stereocenters. The van der Waals surface area contributed by atoms with Gasteiger partial charge in [0.2, 0.25) is 0 Å². The quantitative estimate of drug-likeness (QED) is 0.409. The predicted octanol–water partition coefficient (Wildman–Crippen LogP) is 3.44. The van der Waals surface area contributed by atoms with Crippen LogP contribution >= 0.6 is 0 Å². The number of ketones is 1. The number of hydrogen-bond donors (Lipinski definition) is 2. The summed E-state index contributed by atoms with van der Waals surface area (Å²) >= 11 is 0. The van der Waals surface area contributed by atoms with Crippen LogP contribution in [0.4, 0.5) is 0 Å². The van der Waals surface area contributed by atoms with Gasteiger partial charge in [0.25, 0.3) is 0 Å². The van der Waals surface area contributed by atoms with Crippen LogP contribution < -0.4 is 5.73 Å². The highest BCUT2D eigenvalue weighted by Gasteiger charge is 2.68. The maximum atomic E-state index is 14.1. The van der Waals surface area contributed by atoms with Crippen LogP contribution in [0.1, 0.15) is 90.4 Å². The van der Waals surface area contributed by atoms with Crippen molar-refractivity contribution in [2.45, 2.75) is 194 Å². The minimum absolute atomic E-state index is 0.0158. The molecular formula is C40H59NO11. The zero-order chi connectivity index (χ0) is 35.9. The minimum Gasteiger partial charge on any atom is -0.392 e. The molecule has 10 fully saturated rings. The van der Waals surface area contributed by atoms with Gasteiger partial charge in [-0.1, -0.05) is 20.1 Å². The van der Waals surface area contributed by atoms with E-state index in [0.717, 1.165) is 56.1 Å². The topological polar surface area (TPSA) is 146 Å². The van der Waals surface area contributed by atoms with Crippen molar-refractivity contribution in [1.29, 1.82) is 0 Å². The van der Waals surface area contributed by atoms with Crippen LogP contribution in [0.15, 0.2) is 24.3 Å². The number of methoxy groups -OCH3 is 1. The molecule has 10 heterocycles. The normalized spacial score (nSPS) is 52.4. The van der Waals surface area contributed by atoms with E-state index in [9.17, 15) is 9.90 Å². The minimum atomic E-state index is -0.780. The molecule has 3 N–H and O–H groups in total. The van der Waals surface area contributed by atoms with E-state index in [-0.39, 0.29) is 122 Å². The molecule has 0 aliphatic carbocycles. The van der Waals surface area contributed by atoms with Gasteiger partial charge in [0.05, 0.1) is 67.1 Å². The summed E-state index contributed by atoms with van der Waals surface area (Å²) in [6, 6.07) is 0. The van der Waals surface area contributed by atoms with E-state index in [1.54, 1.807) is 7.11 Å². The largest absolute Gasteiger partial charge is 0.392 e. The van der Waals surface area contributed by atoms with Gasteiger partial charge in [-0.15, -0.1) is 0 Å². The summed E-state index contributed by atoms with van der Waals surface area (Å²) in [6.45, 7) is 11.3. The van der Waals surface area contributed by atoms with E-state index in [4.69, 9.17) is 48.4 Å². The summed E-state index contributed by atoms with van der Waals surface area (Å²) in [6.07, 6.45) is 4.85. The molecular weight excluding hydrogens is 670 g/mol. The SMILES string of the molecule is C=C1C[C@@H]2CC[C@@]34CC5O[C@H]6[C@@H](O3)[C@H]3OC(CC[C@@H]3O[C@H]6[C@H]5O4)CC(=O)C[C@H]3[C@H](CC4O[C@@H](CCC1O2)C[C@@H](C)C4=C)OC(C[C@H](O)CN)[C@@H]3OC. The molecule has 12 nitrogen and oxygen atoms in total. The summed E-state index contributed by atoms with van der Waals surface area (Å²) in [5.74, 6) is -0.619. The van der Waals surface area contributed by atoms with E-state index in [1.807, 2.05) is 0 Å². The number of nitrogens with two attached hydrogens (primary N) is 1. The number of aliphatic hydroxyl groups is 1. The molecule has 19 atom stereocenters. The van der Waals surface area contributed by atoms with E-state index >= 15 is 0 Å². The summed E-state index contributed by atoms with van der Waals surface area (Å²) < 4.78 is 60.0. The molecule has 0 aromatic carbocycles. The summed E-state index contributed by atoms with van der Waals surface area (Å²) in [7, 11) is 1.66. The number of hydrogen-bond acceptors (Lipinski definition) is 12. The molecule has 0 amide bonds. The van der Waals surface area contributed by atoms with Crippen LogP contribution in [0.3, 0.4) is 0 Å². The van der Waals surface area contributed by atoms with Crippen LogP contribution in [-0.2, 0) is 47.4 Å². The maximum Gasteiger partial charge on any atom is 0.172 e. The third kappa shape index (κ3) is 6.59. The molecule has 0 radical (unpaired) electrons. The predicted molar refractivity (Wildman–Crippen MR) is 186 cm³/mol. The second-order valence-electron chi connectivity index (χ2n) is 17.4. The number of fused-ring (bicyclic) bond motifs is 6. The monoisotopic (exact) mass is 729 g/mol. The number of aliphatic hydroxyl groups excluding tert-OH is 1. The number of carbonyl (C=O) groups excluding carboxylic acids is 1. The molecule has 1 spiro atoms. The third-order valence-corrected chi connectivity index (χ3v) is 14.0. The Hall–Kier alpha value is -1.29. The van der Waals surface area contributed by atoms with Crippen molar-refractivity contribution in [3.8, 4) is 0 Å². The highest BCUT2D eigenvalue weighted by molar-refractivity contribution is 5.79. The lowest BCUT2D eigenvalue weighted by Gasteiger charge is -2.47. The van der Waals surface area contributed by atoms with Crippen molar-refractivity contribution < 1.29 is 52.5 Å². The number of rotatable bonds is 4. The Balaban J connectivity index is 0.994. The van der Waals surface area contributed by atoms with Crippen LogP contribution in [0.5, 0.6) is 0 Å². The molecule has 12 heteroatoms. The van der Waals surface area contributed by atoms with Gasteiger partial charge in [-0.25, -0.2) is 0 Å². The number of Topliss-reactive ketones (excluding diaryl/α,β-unsaturated/α-hetero) is 1. The van der Waals surface area contributed by atoms with E-state index in [0.29, 0.717) is 25.7 Å². The van der Waals surface area contributed by atoms with Gasteiger partial charge >= 0.3 is 0 Å². The van der Waals surface area contributed by atoms with Crippen molar-refractivity contribution >= 4 is 5.78 Å². The van der Waals surface area contributed by atoms with Gasteiger partial charge in [0.1, 0.15) is 36.3 Å². The first kappa shape index (κ1) is 36.4. The molecule has 10 saturated heterocycles. The average molecular weight is 730 g/mol. The number of carbonyl (C=O) groups is 1. The summed E-state index contributed by atoms with van der Waals surface area (Å²) in [5.41, 5.74) is 8.01. The van der Waals surface area contributed by atoms with Gasteiger partial charge in [0.15, 0.2) is 5.79 Å². The fourth-order valence-corrected chi connectivity index (χ4v) is 11.3. The Kier molecular flexibility index (Phi) is 10.0. The fraction of sp³-hybridized carbons (Fsp3) is 0.875. The molecule has 0 aromatic rings. The Morgan fingerprint density at radius 1 is 0.808 bits per heavy atom. The van der Waals surface area contributed by atoms with Gasteiger partial charge in [-0.3, -0.25) is 4.79 Å². The zero-order valence-corrected chi connectivity index (χ0v) is 30.8. The Morgan fingerprint density at radius 3 is 2.38 bits per heavy atom. The lowest BCUT2D eigenvalue weighted by atomic mass is 9.81. The summed E-state index contributed by atoms with van der Waals surface area (Å²) in [4.78, 5) is 14.1. The zero-order valence-electron chi connectivity index (χ0n) is 30.8. The van der Waals surface area contributed by atoms with Crippen molar-refractivity contribution in [2.24, 2.45) is 17.6 Å². The Morgan fingerprint density at radius 2 is 1.56 bits per heavy atom. The van der Waals surface area contributed by atoms with Crippen LogP contribution in [-0.4, -0.2) is 128 Å². The molecule has 10 aliphatic rings. The smallest absolute Gasteiger partial charge is 0.172 e. The Labute approximate surface area is 307 Å². The third-order valence-electron chi connectivity index (χ3n) is 14.0. The van der Waals surface area contributed by atoms with Crippen molar-refractivity contribution in [2.75, 3.05) is 13.7 Å². The van der Waals surface area contributed by atoms with E-state index < -0.39 is 18.0 Å². The second-order valence-corrected chi connectivity index (χ2v) is 17.4. The van der Waals surface area contributed by atoms with E-state index in [1.165, 1.54) is 0 Å². The number of ether oxygens (including phenoxy) is 9. The maximum absolute atomic E-state index is 14.1. The first-order valence-corrected chi connectivity index (χ1v) is 20.2. The van der Waals surface area contributed by atoms with Gasteiger partial charge in [-0.05, 0) is 62.0 Å². The molecule has 10 rings (SSSR count). The lowest BCUT2D eigenvalue weighted by molar-refractivity contribution is -0.292. The van der Waals surface area contributed by atoms with E-state index in [2.05, 4.69) is 20.1 Å². The Bertz CT molecular complexity index is 1380. The van der Waals surface area contributed by atoms with Crippen molar-refractivity contribution in [3.05, 3.63) is 24.3 Å². The van der Waals surface area contributed by atoms with Crippen LogP contribution in [0.25, 0.3) is 0 Å². The fourth-order valence-electron chi connectivity index (χ4n) is 11.3. The molecule has 290 valence electrons. The molecule has 10 aliphatic heterocycles. The van der Waals surface area contributed by atoms with Crippen LogP contribution in [0, 0.1) is 11.8 Å². The molecule has 0 aromatic heterocycles. The van der Waals surface area contributed by atoms with Gasteiger partial charge in [-0.2, -0.15) is 0 Å². The summed E-state index contributed by atoms with van der Waals surface area (Å²) in [5, 5.41) is 10.5. The van der Waals surface area contributed by atoms with Crippen molar-refractivity contribution in [1.82, 2.24) is 0 Å². The first-order valence-electron chi connectivity index (χ1n) is 20.2.